The van der Waals surface area contributed by atoms with Crippen molar-refractivity contribution in [2.24, 2.45) is 0 Å². The van der Waals surface area contributed by atoms with Gasteiger partial charge >= 0.3 is 0 Å². The third kappa shape index (κ3) is 3.99. The second-order valence-corrected chi connectivity index (χ2v) is 5.17. The highest BCUT2D eigenvalue weighted by Crippen LogP contribution is 2.27. The molecular weight excluding hydrogens is 299 g/mol. The molecular formula is C16H15ClF3N. The molecule has 1 atom stereocenters. The van der Waals surface area contributed by atoms with Crippen molar-refractivity contribution < 1.29 is 13.2 Å². The number of hydrogen-bond acceptors (Lipinski definition) is 1. The Labute approximate surface area is 126 Å². The normalized spacial score (nSPS) is 12.4. The van der Waals surface area contributed by atoms with Crippen LogP contribution >= 0.6 is 11.6 Å². The predicted octanol–water partition coefficient (Wildman–Crippen LogP) is 4.85. The molecule has 2 rings (SSSR count). The van der Waals surface area contributed by atoms with E-state index in [9.17, 15) is 13.2 Å². The first-order valence-electron chi connectivity index (χ1n) is 6.65. The minimum absolute atomic E-state index is 0.0207. The minimum atomic E-state index is -0.651. The summed E-state index contributed by atoms with van der Waals surface area (Å²) in [5.74, 6) is -1.83. The maximum Gasteiger partial charge on any atom is 0.141 e. The number of nitrogens with one attached hydrogen (secondary N) is 1. The van der Waals surface area contributed by atoms with Crippen LogP contribution in [0.5, 0.6) is 0 Å². The van der Waals surface area contributed by atoms with Gasteiger partial charge in [0.15, 0.2) is 0 Å². The second-order valence-electron chi connectivity index (χ2n) is 4.76. The Morgan fingerprint density at radius 3 is 2.24 bits per heavy atom. The molecule has 0 aliphatic heterocycles. The summed E-state index contributed by atoms with van der Waals surface area (Å²) in [7, 11) is 0. The minimum Gasteiger partial charge on any atom is -0.306 e. The van der Waals surface area contributed by atoms with Gasteiger partial charge in [0.2, 0.25) is 0 Å². The summed E-state index contributed by atoms with van der Waals surface area (Å²) in [6, 6.07) is 7.14. The summed E-state index contributed by atoms with van der Waals surface area (Å²) in [5, 5.41) is 3.17. The average Bonchev–Trinajstić information content (AvgIpc) is 2.42. The van der Waals surface area contributed by atoms with Crippen molar-refractivity contribution in [3.8, 4) is 0 Å². The first kappa shape index (κ1) is 15.9. The quantitative estimate of drug-likeness (QED) is 0.832. The van der Waals surface area contributed by atoms with E-state index in [0.717, 1.165) is 12.5 Å². The van der Waals surface area contributed by atoms with Gasteiger partial charge in [-0.05, 0) is 48.4 Å². The van der Waals surface area contributed by atoms with Gasteiger partial charge in [0, 0.05) is 6.07 Å². The number of benzene rings is 2. The van der Waals surface area contributed by atoms with E-state index in [2.05, 4.69) is 5.32 Å². The SMILES string of the molecule is CCCNC(c1cc(F)cc(F)c1)c1ccc(F)c(Cl)c1. The van der Waals surface area contributed by atoms with Gasteiger partial charge in [-0.15, -0.1) is 0 Å². The summed E-state index contributed by atoms with van der Waals surface area (Å²) in [5.41, 5.74) is 1.09. The van der Waals surface area contributed by atoms with E-state index in [4.69, 9.17) is 11.6 Å². The molecule has 2 aromatic carbocycles. The van der Waals surface area contributed by atoms with Crippen molar-refractivity contribution in [2.45, 2.75) is 19.4 Å². The van der Waals surface area contributed by atoms with Crippen LogP contribution in [-0.4, -0.2) is 6.54 Å². The topological polar surface area (TPSA) is 12.0 Å². The molecule has 0 aliphatic rings. The summed E-state index contributed by atoms with van der Waals surface area (Å²) in [6.07, 6.45) is 0.850. The molecule has 21 heavy (non-hydrogen) atoms. The molecule has 2 aromatic rings. The van der Waals surface area contributed by atoms with E-state index < -0.39 is 23.5 Å². The highest BCUT2D eigenvalue weighted by molar-refractivity contribution is 6.30. The van der Waals surface area contributed by atoms with Crippen LogP contribution in [-0.2, 0) is 0 Å². The van der Waals surface area contributed by atoms with E-state index in [1.54, 1.807) is 6.07 Å². The summed E-state index contributed by atoms with van der Waals surface area (Å²) in [4.78, 5) is 0. The van der Waals surface area contributed by atoms with Gasteiger partial charge in [-0.1, -0.05) is 24.6 Å². The second kappa shape index (κ2) is 6.96. The van der Waals surface area contributed by atoms with Crippen LogP contribution in [0.2, 0.25) is 5.02 Å². The summed E-state index contributed by atoms with van der Waals surface area (Å²) < 4.78 is 40.1. The molecule has 0 spiro atoms. The molecule has 0 bridgehead atoms. The number of halogens is 4. The fourth-order valence-corrected chi connectivity index (χ4v) is 2.34. The molecule has 1 N–H and O–H groups in total. The maximum absolute atomic E-state index is 13.4. The largest absolute Gasteiger partial charge is 0.306 e. The molecule has 1 unspecified atom stereocenters. The van der Waals surface area contributed by atoms with Crippen molar-refractivity contribution in [3.63, 3.8) is 0 Å². The Hall–Kier alpha value is -1.52. The van der Waals surface area contributed by atoms with Crippen molar-refractivity contribution in [3.05, 3.63) is 70.0 Å². The van der Waals surface area contributed by atoms with Crippen LogP contribution in [0.3, 0.4) is 0 Å². The van der Waals surface area contributed by atoms with E-state index in [-0.39, 0.29) is 5.02 Å². The zero-order chi connectivity index (χ0) is 15.4. The lowest BCUT2D eigenvalue weighted by atomic mass is 9.98. The maximum atomic E-state index is 13.4. The van der Waals surface area contributed by atoms with Crippen LogP contribution in [0, 0.1) is 17.5 Å². The smallest absolute Gasteiger partial charge is 0.141 e. The Morgan fingerprint density at radius 2 is 1.67 bits per heavy atom. The Bertz CT molecular complexity index is 611. The van der Waals surface area contributed by atoms with Crippen molar-refractivity contribution in [1.29, 1.82) is 0 Å². The lowest BCUT2D eigenvalue weighted by Crippen LogP contribution is -2.23. The summed E-state index contributed by atoms with van der Waals surface area (Å²) in [6.45, 7) is 2.63. The predicted molar refractivity (Wildman–Crippen MR) is 77.9 cm³/mol. The van der Waals surface area contributed by atoms with Crippen LogP contribution in [0.1, 0.15) is 30.5 Å². The van der Waals surface area contributed by atoms with E-state index in [0.29, 0.717) is 17.7 Å². The standard InChI is InChI=1S/C16H15ClF3N/c1-2-5-21-16(10-3-4-15(20)14(17)8-10)11-6-12(18)9-13(19)7-11/h3-4,6-9,16,21H,2,5H2,1H3. The first-order chi connectivity index (χ1) is 10.0. The van der Waals surface area contributed by atoms with Gasteiger partial charge in [-0.25, -0.2) is 13.2 Å². The Balaban J connectivity index is 2.43. The molecule has 0 heterocycles. The zero-order valence-electron chi connectivity index (χ0n) is 11.5. The molecule has 0 amide bonds. The van der Waals surface area contributed by atoms with E-state index >= 15 is 0 Å². The fraction of sp³-hybridized carbons (Fsp3) is 0.250. The molecule has 112 valence electrons. The third-order valence-corrected chi connectivity index (χ3v) is 3.38. The van der Waals surface area contributed by atoms with Gasteiger partial charge < -0.3 is 5.32 Å². The Kier molecular flexibility index (Phi) is 5.26. The number of hydrogen-bond donors (Lipinski definition) is 1. The molecule has 0 saturated heterocycles. The molecule has 1 nitrogen and oxygen atoms in total. The third-order valence-electron chi connectivity index (χ3n) is 3.09. The monoisotopic (exact) mass is 313 g/mol. The molecule has 0 radical (unpaired) electrons. The van der Waals surface area contributed by atoms with Crippen LogP contribution in [0.25, 0.3) is 0 Å². The van der Waals surface area contributed by atoms with Crippen molar-refractivity contribution >= 4 is 11.6 Å². The van der Waals surface area contributed by atoms with Gasteiger partial charge in [-0.3, -0.25) is 0 Å². The van der Waals surface area contributed by atoms with E-state index in [1.165, 1.54) is 24.3 Å². The lowest BCUT2D eigenvalue weighted by Gasteiger charge is -2.20. The molecule has 0 fully saturated rings. The van der Waals surface area contributed by atoms with Crippen molar-refractivity contribution in [1.82, 2.24) is 5.32 Å². The van der Waals surface area contributed by atoms with Crippen molar-refractivity contribution in [2.75, 3.05) is 6.54 Å². The van der Waals surface area contributed by atoms with Gasteiger partial charge in [0.1, 0.15) is 17.5 Å². The number of rotatable bonds is 5. The molecule has 0 aliphatic carbocycles. The molecule has 0 saturated carbocycles. The summed E-state index contributed by atoms with van der Waals surface area (Å²) >= 11 is 5.79. The Morgan fingerprint density at radius 1 is 1.00 bits per heavy atom. The highest BCUT2D eigenvalue weighted by Gasteiger charge is 2.16. The van der Waals surface area contributed by atoms with E-state index in [1.807, 2.05) is 6.92 Å². The molecule has 5 heteroatoms. The lowest BCUT2D eigenvalue weighted by molar-refractivity contribution is 0.557. The van der Waals surface area contributed by atoms with Crippen LogP contribution < -0.4 is 5.32 Å². The molecule has 0 aromatic heterocycles. The van der Waals surface area contributed by atoms with Crippen LogP contribution in [0.15, 0.2) is 36.4 Å². The zero-order valence-corrected chi connectivity index (χ0v) is 12.2. The fourth-order valence-electron chi connectivity index (χ4n) is 2.15. The van der Waals surface area contributed by atoms with Gasteiger partial charge in [0.25, 0.3) is 0 Å². The van der Waals surface area contributed by atoms with Gasteiger partial charge in [0.05, 0.1) is 11.1 Å². The highest BCUT2D eigenvalue weighted by atomic mass is 35.5. The first-order valence-corrected chi connectivity index (χ1v) is 7.03. The van der Waals surface area contributed by atoms with Gasteiger partial charge in [-0.2, -0.15) is 0 Å². The van der Waals surface area contributed by atoms with Crippen LogP contribution in [0.4, 0.5) is 13.2 Å². The average molecular weight is 314 g/mol.